The van der Waals surface area contributed by atoms with Crippen LogP contribution in [0.5, 0.6) is 0 Å². The number of nitrogens with one attached hydrogen (secondary N) is 1. The van der Waals surface area contributed by atoms with Gasteiger partial charge in [0.1, 0.15) is 5.82 Å². The van der Waals surface area contributed by atoms with Crippen LogP contribution in [0.2, 0.25) is 0 Å². The predicted octanol–water partition coefficient (Wildman–Crippen LogP) is 0.843. The van der Waals surface area contributed by atoms with Crippen LogP contribution in [0.15, 0.2) is 24.3 Å². The van der Waals surface area contributed by atoms with Gasteiger partial charge < -0.3 is 5.32 Å². The highest BCUT2D eigenvalue weighted by atomic mass is 19.1. The second-order valence-electron chi connectivity index (χ2n) is 4.37. The van der Waals surface area contributed by atoms with Crippen LogP contribution in [-0.4, -0.2) is 43.4 Å². The van der Waals surface area contributed by atoms with E-state index in [1.807, 2.05) is 0 Å². The first-order chi connectivity index (χ1) is 8.24. The van der Waals surface area contributed by atoms with Crippen molar-refractivity contribution in [1.29, 1.82) is 0 Å². The SMILES string of the molecule is O=C(Cc1ccc(F)cc1)CN1CCNCC1. The van der Waals surface area contributed by atoms with Gasteiger partial charge in [-0.2, -0.15) is 0 Å². The van der Waals surface area contributed by atoms with E-state index < -0.39 is 0 Å². The number of hydrogen-bond donors (Lipinski definition) is 1. The summed E-state index contributed by atoms with van der Waals surface area (Å²) in [4.78, 5) is 14.0. The van der Waals surface area contributed by atoms with Crippen LogP contribution in [0, 0.1) is 5.82 Å². The van der Waals surface area contributed by atoms with Crippen LogP contribution in [-0.2, 0) is 11.2 Å². The molecule has 0 atom stereocenters. The van der Waals surface area contributed by atoms with E-state index in [0.29, 0.717) is 13.0 Å². The Bertz CT molecular complexity index is 372. The van der Waals surface area contributed by atoms with E-state index in [0.717, 1.165) is 31.7 Å². The van der Waals surface area contributed by atoms with Gasteiger partial charge in [0.25, 0.3) is 0 Å². The first kappa shape index (κ1) is 12.2. The van der Waals surface area contributed by atoms with Gasteiger partial charge in [-0.3, -0.25) is 9.69 Å². The zero-order chi connectivity index (χ0) is 12.1. The molecule has 0 saturated carbocycles. The van der Waals surface area contributed by atoms with Crippen molar-refractivity contribution in [2.75, 3.05) is 32.7 Å². The van der Waals surface area contributed by atoms with Gasteiger partial charge in [0.05, 0.1) is 6.54 Å². The Morgan fingerprint density at radius 3 is 2.53 bits per heavy atom. The summed E-state index contributed by atoms with van der Waals surface area (Å²) in [5.74, 6) is -0.0678. The number of benzene rings is 1. The zero-order valence-corrected chi connectivity index (χ0v) is 9.79. The number of carbonyl (C=O) groups excluding carboxylic acids is 1. The Morgan fingerprint density at radius 1 is 1.24 bits per heavy atom. The van der Waals surface area contributed by atoms with Gasteiger partial charge in [-0.1, -0.05) is 12.1 Å². The topological polar surface area (TPSA) is 32.3 Å². The maximum absolute atomic E-state index is 12.7. The molecule has 1 N–H and O–H groups in total. The quantitative estimate of drug-likeness (QED) is 0.841. The molecule has 0 amide bonds. The molecule has 1 aliphatic heterocycles. The van der Waals surface area contributed by atoms with Crippen molar-refractivity contribution in [3.05, 3.63) is 35.6 Å². The molecule has 0 aromatic heterocycles. The van der Waals surface area contributed by atoms with E-state index in [9.17, 15) is 9.18 Å². The van der Waals surface area contributed by atoms with Gasteiger partial charge in [0.15, 0.2) is 5.78 Å². The van der Waals surface area contributed by atoms with E-state index in [2.05, 4.69) is 10.2 Å². The average Bonchev–Trinajstić information content (AvgIpc) is 2.33. The van der Waals surface area contributed by atoms with E-state index in [1.54, 1.807) is 12.1 Å². The van der Waals surface area contributed by atoms with Crippen molar-refractivity contribution in [3.8, 4) is 0 Å². The highest BCUT2D eigenvalue weighted by Crippen LogP contribution is 2.04. The molecular formula is C13H17FN2O. The molecule has 17 heavy (non-hydrogen) atoms. The van der Waals surface area contributed by atoms with Gasteiger partial charge in [0.2, 0.25) is 0 Å². The molecule has 0 unspecified atom stereocenters. The van der Waals surface area contributed by atoms with Crippen molar-refractivity contribution in [2.24, 2.45) is 0 Å². The number of piperazine rings is 1. The summed E-state index contributed by atoms with van der Waals surface area (Å²) >= 11 is 0. The number of hydrogen-bond acceptors (Lipinski definition) is 3. The highest BCUT2D eigenvalue weighted by Gasteiger charge is 2.13. The van der Waals surface area contributed by atoms with Crippen LogP contribution in [0.1, 0.15) is 5.56 Å². The van der Waals surface area contributed by atoms with Gasteiger partial charge >= 0.3 is 0 Å². The standard InChI is InChI=1S/C13H17FN2O/c14-12-3-1-11(2-4-12)9-13(17)10-16-7-5-15-6-8-16/h1-4,15H,5-10H2. The third-order valence-electron chi connectivity index (χ3n) is 2.92. The molecule has 2 rings (SSSR count). The van der Waals surface area contributed by atoms with Crippen LogP contribution < -0.4 is 5.32 Å². The molecule has 3 nitrogen and oxygen atoms in total. The van der Waals surface area contributed by atoms with E-state index in [4.69, 9.17) is 0 Å². The van der Waals surface area contributed by atoms with Crippen molar-refractivity contribution in [3.63, 3.8) is 0 Å². The molecule has 0 spiro atoms. The minimum Gasteiger partial charge on any atom is -0.314 e. The molecule has 1 heterocycles. The number of carbonyl (C=O) groups is 1. The third kappa shape index (κ3) is 3.91. The van der Waals surface area contributed by atoms with E-state index >= 15 is 0 Å². The Morgan fingerprint density at radius 2 is 1.88 bits per heavy atom. The number of rotatable bonds is 4. The monoisotopic (exact) mass is 236 g/mol. The van der Waals surface area contributed by atoms with Gasteiger partial charge in [-0.15, -0.1) is 0 Å². The van der Waals surface area contributed by atoms with Crippen LogP contribution in [0.25, 0.3) is 0 Å². The summed E-state index contributed by atoms with van der Waals surface area (Å²) in [6.45, 7) is 4.25. The van der Waals surface area contributed by atoms with Crippen molar-refractivity contribution in [2.45, 2.75) is 6.42 Å². The Hall–Kier alpha value is -1.26. The fourth-order valence-electron chi connectivity index (χ4n) is 2.00. The van der Waals surface area contributed by atoms with Crippen LogP contribution in [0.4, 0.5) is 4.39 Å². The summed E-state index contributed by atoms with van der Waals surface area (Å²) in [5.41, 5.74) is 0.881. The molecule has 1 fully saturated rings. The van der Waals surface area contributed by atoms with Gasteiger partial charge in [0, 0.05) is 32.6 Å². The minimum absolute atomic E-state index is 0.193. The lowest BCUT2D eigenvalue weighted by Crippen LogP contribution is -2.45. The molecule has 1 aromatic rings. The third-order valence-corrected chi connectivity index (χ3v) is 2.92. The molecule has 92 valence electrons. The molecule has 1 saturated heterocycles. The van der Waals surface area contributed by atoms with Crippen molar-refractivity contribution >= 4 is 5.78 Å². The smallest absolute Gasteiger partial charge is 0.151 e. The molecule has 4 heteroatoms. The van der Waals surface area contributed by atoms with E-state index in [-0.39, 0.29) is 11.6 Å². The average molecular weight is 236 g/mol. The largest absolute Gasteiger partial charge is 0.314 e. The second-order valence-corrected chi connectivity index (χ2v) is 4.37. The Balaban J connectivity index is 1.82. The zero-order valence-electron chi connectivity index (χ0n) is 9.79. The second kappa shape index (κ2) is 5.89. The predicted molar refractivity (Wildman–Crippen MR) is 64.4 cm³/mol. The molecule has 0 bridgehead atoms. The van der Waals surface area contributed by atoms with Gasteiger partial charge in [-0.05, 0) is 17.7 Å². The molecule has 0 radical (unpaired) electrons. The summed E-state index contributed by atoms with van der Waals surface area (Å²) in [6.07, 6.45) is 0.393. The maximum Gasteiger partial charge on any atom is 0.151 e. The summed E-state index contributed by atoms with van der Waals surface area (Å²) in [5, 5.41) is 3.25. The number of Topliss-reactive ketones (excluding diaryl/α,β-unsaturated/α-hetero) is 1. The van der Waals surface area contributed by atoms with Crippen LogP contribution >= 0.6 is 0 Å². The summed E-state index contributed by atoms with van der Waals surface area (Å²) in [7, 11) is 0. The normalized spacial score (nSPS) is 17.0. The lowest BCUT2D eigenvalue weighted by molar-refractivity contribution is -0.119. The fourth-order valence-corrected chi connectivity index (χ4v) is 2.00. The first-order valence-corrected chi connectivity index (χ1v) is 5.93. The Kier molecular flexibility index (Phi) is 4.23. The lowest BCUT2D eigenvalue weighted by Gasteiger charge is -2.26. The van der Waals surface area contributed by atoms with Gasteiger partial charge in [-0.25, -0.2) is 4.39 Å². The first-order valence-electron chi connectivity index (χ1n) is 5.93. The molecule has 1 aromatic carbocycles. The summed E-state index contributed by atoms with van der Waals surface area (Å²) in [6, 6.07) is 6.14. The number of halogens is 1. The fraction of sp³-hybridized carbons (Fsp3) is 0.462. The van der Waals surface area contributed by atoms with Crippen LogP contribution in [0.3, 0.4) is 0 Å². The Labute approximate surface area is 101 Å². The molecular weight excluding hydrogens is 219 g/mol. The minimum atomic E-state index is -0.261. The molecule has 0 aliphatic carbocycles. The van der Waals surface area contributed by atoms with E-state index in [1.165, 1.54) is 12.1 Å². The lowest BCUT2D eigenvalue weighted by atomic mass is 10.1. The maximum atomic E-state index is 12.7. The molecule has 1 aliphatic rings. The highest BCUT2D eigenvalue weighted by molar-refractivity contribution is 5.82. The summed E-state index contributed by atoms with van der Waals surface area (Å²) < 4.78 is 12.7. The van der Waals surface area contributed by atoms with Crippen molar-refractivity contribution < 1.29 is 9.18 Å². The number of ketones is 1. The number of nitrogens with zero attached hydrogens (tertiary/aromatic N) is 1. The van der Waals surface area contributed by atoms with Crippen molar-refractivity contribution in [1.82, 2.24) is 10.2 Å².